The Morgan fingerprint density at radius 1 is 1.71 bits per heavy atom. The smallest absolute Gasteiger partial charge is 0.223 e. The zero-order valence-electron chi connectivity index (χ0n) is 8.36. The molecular formula is C9H14N2OS2. The maximum Gasteiger partial charge on any atom is 0.223 e. The Bertz CT molecular complexity index is 312. The van der Waals surface area contributed by atoms with Crippen LogP contribution in [0.5, 0.6) is 0 Å². The molecule has 0 N–H and O–H groups in total. The topological polar surface area (TPSA) is 33.2 Å². The summed E-state index contributed by atoms with van der Waals surface area (Å²) in [6.07, 6.45) is 0.489. The number of nitrogens with zero attached hydrogens (tertiary/aromatic N) is 2. The highest BCUT2D eigenvalue weighted by Crippen LogP contribution is 2.10. The molecule has 78 valence electrons. The first kappa shape index (κ1) is 11.5. The number of thiazole rings is 1. The quantitative estimate of drug-likeness (QED) is 0.799. The van der Waals surface area contributed by atoms with Gasteiger partial charge >= 0.3 is 0 Å². The monoisotopic (exact) mass is 230 g/mol. The van der Waals surface area contributed by atoms with Crippen LogP contribution in [0.2, 0.25) is 0 Å². The van der Waals surface area contributed by atoms with Crippen molar-refractivity contribution in [1.29, 1.82) is 0 Å². The Hall–Kier alpha value is -0.550. The van der Waals surface area contributed by atoms with Crippen molar-refractivity contribution < 1.29 is 4.79 Å². The summed E-state index contributed by atoms with van der Waals surface area (Å²) in [5, 5.41) is 3.02. The summed E-state index contributed by atoms with van der Waals surface area (Å²) in [6, 6.07) is 0. The van der Waals surface area contributed by atoms with Crippen molar-refractivity contribution in [2.75, 3.05) is 12.8 Å². The number of aromatic nitrogens is 1. The fraction of sp³-hybridized carbons (Fsp3) is 0.556. The van der Waals surface area contributed by atoms with Crippen LogP contribution in [0.3, 0.4) is 0 Å². The lowest BCUT2D eigenvalue weighted by Crippen LogP contribution is -2.26. The first-order chi connectivity index (χ1) is 6.63. The molecule has 0 fully saturated rings. The molecule has 0 saturated heterocycles. The Balaban J connectivity index is 2.48. The molecule has 1 aromatic heterocycles. The molecule has 0 spiro atoms. The molecule has 0 aliphatic carbocycles. The van der Waals surface area contributed by atoms with Crippen molar-refractivity contribution in [2.24, 2.45) is 0 Å². The second-order valence-electron chi connectivity index (χ2n) is 3.08. The van der Waals surface area contributed by atoms with E-state index in [2.05, 4.69) is 17.6 Å². The molecule has 14 heavy (non-hydrogen) atoms. The summed E-state index contributed by atoms with van der Waals surface area (Å²) >= 11 is 5.63. The Labute approximate surface area is 93.6 Å². The highest BCUT2D eigenvalue weighted by atomic mass is 32.1. The van der Waals surface area contributed by atoms with Gasteiger partial charge in [0.15, 0.2) is 0 Å². The largest absolute Gasteiger partial charge is 0.340 e. The van der Waals surface area contributed by atoms with E-state index in [1.807, 2.05) is 12.3 Å². The first-order valence-electron chi connectivity index (χ1n) is 4.39. The number of thiol groups is 1. The molecular weight excluding hydrogens is 216 g/mol. The number of rotatable bonds is 4. The van der Waals surface area contributed by atoms with Crippen LogP contribution in [0.25, 0.3) is 0 Å². The molecule has 0 unspecified atom stereocenters. The van der Waals surface area contributed by atoms with E-state index in [1.54, 1.807) is 23.3 Å². The van der Waals surface area contributed by atoms with Crippen LogP contribution in [0.4, 0.5) is 0 Å². The van der Waals surface area contributed by atoms with Crippen LogP contribution < -0.4 is 0 Å². The maximum atomic E-state index is 11.4. The van der Waals surface area contributed by atoms with Gasteiger partial charge in [0.2, 0.25) is 5.91 Å². The zero-order chi connectivity index (χ0) is 10.6. The van der Waals surface area contributed by atoms with E-state index in [4.69, 9.17) is 0 Å². The van der Waals surface area contributed by atoms with Gasteiger partial charge in [-0.05, 0) is 12.7 Å². The molecule has 0 atom stereocenters. The Kier molecular flexibility index (Phi) is 4.41. The molecule has 1 aromatic rings. The Morgan fingerprint density at radius 3 is 2.93 bits per heavy atom. The van der Waals surface area contributed by atoms with Gasteiger partial charge in [-0.2, -0.15) is 12.6 Å². The highest BCUT2D eigenvalue weighted by Gasteiger charge is 2.09. The van der Waals surface area contributed by atoms with Gasteiger partial charge in [-0.1, -0.05) is 0 Å². The van der Waals surface area contributed by atoms with Gasteiger partial charge < -0.3 is 4.90 Å². The maximum absolute atomic E-state index is 11.4. The zero-order valence-corrected chi connectivity index (χ0v) is 10.1. The van der Waals surface area contributed by atoms with Crippen LogP contribution in [0, 0.1) is 6.92 Å². The van der Waals surface area contributed by atoms with Gasteiger partial charge in [-0.15, -0.1) is 11.3 Å². The molecule has 3 nitrogen and oxygen atoms in total. The molecule has 0 radical (unpaired) electrons. The van der Waals surface area contributed by atoms with E-state index in [-0.39, 0.29) is 5.91 Å². The van der Waals surface area contributed by atoms with Gasteiger partial charge in [-0.25, -0.2) is 4.98 Å². The second-order valence-corrected chi connectivity index (χ2v) is 4.59. The molecule has 0 aliphatic heterocycles. The van der Waals surface area contributed by atoms with E-state index in [9.17, 15) is 4.79 Å². The van der Waals surface area contributed by atoms with Crippen LogP contribution in [-0.4, -0.2) is 28.6 Å². The van der Waals surface area contributed by atoms with Crippen molar-refractivity contribution in [3.63, 3.8) is 0 Å². The predicted molar refractivity (Wildman–Crippen MR) is 61.8 cm³/mol. The van der Waals surface area contributed by atoms with Gasteiger partial charge in [0, 0.05) is 18.8 Å². The summed E-state index contributed by atoms with van der Waals surface area (Å²) in [7, 11) is 1.79. The molecule has 0 aromatic carbocycles. The van der Waals surface area contributed by atoms with Crippen LogP contribution in [0.15, 0.2) is 5.38 Å². The van der Waals surface area contributed by atoms with Crippen molar-refractivity contribution in [2.45, 2.75) is 19.9 Å². The lowest BCUT2D eigenvalue weighted by molar-refractivity contribution is -0.130. The SMILES string of the molecule is Cc1nc(CN(C)C(=O)CCS)cs1. The fourth-order valence-corrected chi connectivity index (χ4v) is 1.89. The summed E-state index contributed by atoms with van der Waals surface area (Å²) < 4.78 is 0. The third-order valence-corrected chi connectivity index (χ3v) is 2.86. The summed E-state index contributed by atoms with van der Waals surface area (Å²) in [6.45, 7) is 2.56. The average Bonchev–Trinajstić information content (AvgIpc) is 2.51. The minimum Gasteiger partial charge on any atom is -0.340 e. The minimum atomic E-state index is 0.116. The van der Waals surface area contributed by atoms with Crippen molar-refractivity contribution >= 4 is 29.9 Å². The number of carbonyl (C=O) groups excluding carboxylic acids is 1. The molecule has 5 heteroatoms. The van der Waals surface area contributed by atoms with Gasteiger partial charge in [-0.3, -0.25) is 4.79 Å². The molecule has 1 heterocycles. The third kappa shape index (κ3) is 3.31. The number of aryl methyl sites for hydroxylation is 1. The number of hydrogen-bond acceptors (Lipinski definition) is 4. The Morgan fingerprint density at radius 2 is 2.43 bits per heavy atom. The van der Waals surface area contributed by atoms with Crippen LogP contribution >= 0.6 is 24.0 Å². The lowest BCUT2D eigenvalue weighted by atomic mass is 10.3. The number of hydrogen-bond donors (Lipinski definition) is 1. The summed E-state index contributed by atoms with van der Waals surface area (Å²) in [5.74, 6) is 0.713. The molecule has 1 rings (SSSR count). The highest BCUT2D eigenvalue weighted by molar-refractivity contribution is 7.80. The number of amides is 1. The van der Waals surface area contributed by atoms with E-state index in [1.165, 1.54) is 0 Å². The average molecular weight is 230 g/mol. The normalized spacial score (nSPS) is 10.2. The summed E-state index contributed by atoms with van der Waals surface area (Å²) in [4.78, 5) is 17.4. The van der Waals surface area contributed by atoms with Gasteiger partial charge in [0.25, 0.3) is 0 Å². The second kappa shape index (κ2) is 5.36. The molecule has 1 amide bonds. The summed E-state index contributed by atoms with van der Waals surface area (Å²) in [5.41, 5.74) is 0.961. The van der Waals surface area contributed by atoms with Crippen molar-refractivity contribution in [3.05, 3.63) is 16.1 Å². The molecule has 0 aliphatic rings. The van der Waals surface area contributed by atoms with Crippen molar-refractivity contribution in [1.82, 2.24) is 9.88 Å². The molecule has 0 bridgehead atoms. The lowest BCUT2D eigenvalue weighted by Gasteiger charge is -2.14. The van der Waals surface area contributed by atoms with Gasteiger partial charge in [0.1, 0.15) is 0 Å². The standard InChI is InChI=1S/C9H14N2OS2/c1-7-10-8(6-14-7)5-11(2)9(12)3-4-13/h6,13H,3-5H2,1-2H3. The minimum absolute atomic E-state index is 0.116. The number of carbonyl (C=O) groups is 1. The van der Waals surface area contributed by atoms with E-state index in [0.717, 1.165) is 10.7 Å². The first-order valence-corrected chi connectivity index (χ1v) is 5.90. The van der Waals surface area contributed by atoms with Crippen LogP contribution in [-0.2, 0) is 11.3 Å². The van der Waals surface area contributed by atoms with E-state index < -0.39 is 0 Å². The van der Waals surface area contributed by atoms with Crippen molar-refractivity contribution in [3.8, 4) is 0 Å². The molecule has 0 saturated carbocycles. The van der Waals surface area contributed by atoms with Gasteiger partial charge in [0.05, 0.1) is 17.2 Å². The van der Waals surface area contributed by atoms with Crippen LogP contribution in [0.1, 0.15) is 17.1 Å². The van der Waals surface area contributed by atoms with E-state index >= 15 is 0 Å². The fourth-order valence-electron chi connectivity index (χ4n) is 1.10. The third-order valence-electron chi connectivity index (χ3n) is 1.82. The predicted octanol–water partition coefficient (Wildman–Crippen LogP) is 1.73. The van der Waals surface area contributed by atoms with E-state index in [0.29, 0.717) is 18.7 Å².